The molecule has 0 radical (unpaired) electrons. The number of hydrogen-bond donors (Lipinski definition) is 1. The Kier molecular flexibility index (Phi) is 3.55. The molecule has 0 aliphatic heterocycles. The smallest absolute Gasteiger partial charge is 0.261 e. The molecule has 3 aromatic rings. The third-order valence-electron chi connectivity index (χ3n) is 3.82. The predicted molar refractivity (Wildman–Crippen MR) is 89.5 cm³/mol. The highest BCUT2D eigenvalue weighted by Gasteiger charge is 2.17. The van der Waals surface area contributed by atoms with Crippen LogP contribution in [0.5, 0.6) is 5.75 Å². The molecular formula is C19H17NO2. The molecule has 0 heterocycles. The number of carbonyl (C=O) groups excluding carboxylic acids is 1. The highest BCUT2D eigenvalue weighted by molar-refractivity contribution is 6.09. The van der Waals surface area contributed by atoms with Crippen LogP contribution in [0.2, 0.25) is 0 Å². The summed E-state index contributed by atoms with van der Waals surface area (Å²) < 4.78 is 0. The Hall–Kier alpha value is -2.81. The van der Waals surface area contributed by atoms with Crippen LogP contribution in [0.15, 0.2) is 60.7 Å². The van der Waals surface area contributed by atoms with Crippen LogP contribution in [0.1, 0.15) is 15.9 Å². The number of amides is 1. The zero-order valence-electron chi connectivity index (χ0n) is 12.6. The van der Waals surface area contributed by atoms with Gasteiger partial charge in [0.15, 0.2) is 0 Å². The first-order chi connectivity index (χ1) is 10.6. The van der Waals surface area contributed by atoms with E-state index in [2.05, 4.69) is 0 Å². The SMILES string of the molecule is Cc1ccc(N(C)C(=O)c2cc3ccccc3cc2O)cc1. The van der Waals surface area contributed by atoms with Crippen molar-refractivity contribution in [2.75, 3.05) is 11.9 Å². The predicted octanol–water partition coefficient (Wildman–Crippen LogP) is 4.13. The summed E-state index contributed by atoms with van der Waals surface area (Å²) in [4.78, 5) is 14.2. The Morgan fingerprint density at radius 2 is 1.55 bits per heavy atom. The first-order valence-corrected chi connectivity index (χ1v) is 7.13. The average molecular weight is 291 g/mol. The number of hydrogen-bond acceptors (Lipinski definition) is 2. The lowest BCUT2D eigenvalue weighted by molar-refractivity contribution is 0.0990. The van der Waals surface area contributed by atoms with E-state index in [0.717, 1.165) is 22.0 Å². The standard InChI is InChI=1S/C19H17NO2/c1-13-7-9-16(10-8-13)20(2)19(22)17-11-14-5-3-4-6-15(14)12-18(17)21/h3-12,21H,1-2H3. The van der Waals surface area contributed by atoms with Crippen LogP contribution in [0.3, 0.4) is 0 Å². The summed E-state index contributed by atoms with van der Waals surface area (Å²) in [5, 5.41) is 12.0. The zero-order valence-corrected chi connectivity index (χ0v) is 12.6. The maximum absolute atomic E-state index is 12.7. The van der Waals surface area contributed by atoms with Gasteiger partial charge < -0.3 is 10.0 Å². The van der Waals surface area contributed by atoms with Crippen LogP contribution in [-0.4, -0.2) is 18.1 Å². The molecule has 0 saturated carbocycles. The maximum atomic E-state index is 12.7. The van der Waals surface area contributed by atoms with E-state index in [0.29, 0.717) is 5.56 Å². The van der Waals surface area contributed by atoms with Crippen LogP contribution in [0, 0.1) is 6.92 Å². The van der Waals surface area contributed by atoms with Crippen LogP contribution in [-0.2, 0) is 0 Å². The van der Waals surface area contributed by atoms with E-state index in [-0.39, 0.29) is 11.7 Å². The minimum Gasteiger partial charge on any atom is -0.507 e. The van der Waals surface area contributed by atoms with E-state index in [9.17, 15) is 9.90 Å². The highest BCUT2D eigenvalue weighted by Crippen LogP contribution is 2.27. The van der Waals surface area contributed by atoms with Crippen LogP contribution in [0.25, 0.3) is 10.8 Å². The number of phenols is 1. The molecule has 3 nitrogen and oxygen atoms in total. The van der Waals surface area contributed by atoms with E-state index in [1.807, 2.05) is 55.5 Å². The van der Waals surface area contributed by atoms with Crippen molar-refractivity contribution in [1.82, 2.24) is 0 Å². The fourth-order valence-corrected chi connectivity index (χ4v) is 2.47. The normalized spacial score (nSPS) is 10.6. The number of anilines is 1. The molecule has 0 bridgehead atoms. The molecule has 0 fully saturated rings. The third-order valence-corrected chi connectivity index (χ3v) is 3.82. The van der Waals surface area contributed by atoms with Crippen molar-refractivity contribution in [1.29, 1.82) is 0 Å². The minimum absolute atomic E-state index is 0.00246. The monoisotopic (exact) mass is 291 g/mol. The Labute approximate surface area is 129 Å². The fourth-order valence-electron chi connectivity index (χ4n) is 2.47. The van der Waals surface area contributed by atoms with Crippen molar-refractivity contribution in [3.8, 4) is 5.75 Å². The molecule has 110 valence electrons. The quantitative estimate of drug-likeness (QED) is 0.771. The number of nitrogens with zero attached hydrogens (tertiary/aromatic N) is 1. The molecule has 3 heteroatoms. The van der Waals surface area contributed by atoms with Gasteiger partial charge in [-0.15, -0.1) is 0 Å². The Morgan fingerprint density at radius 3 is 2.18 bits per heavy atom. The summed E-state index contributed by atoms with van der Waals surface area (Å²) in [5.41, 5.74) is 2.24. The largest absolute Gasteiger partial charge is 0.507 e. The van der Waals surface area contributed by atoms with Gasteiger partial charge in [0.05, 0.1) is 5.56 Å². The second-order valence-electron chi connectivity index (χ2n) is 5.42. The molecule has 3 aromatic carbocycles. The van der Waals surface area contributed by atoms with Crippen LogP contribution < -0.4 is 4.90 Å². The first-order valence-electron chi connectivity index (χ1n) is 7.13. The maximum Gasteiger partial charge on any atom is 0.261 e. The molecule has 3 rings (SSSR count). The van der Waals surface area contributed by atoms with Crippen molar-refractivity contribution in [2.45, 2.75) is 6.92 Å². The summed E-state index contributed by atoms with van der Waals surface area (Å²) in [7, 11) is 1.71. The van der Waals surface area contributed by atoms with Gasteiger partial charge in [-0.3, -0.25) is 4.79 Å². The molecule has 1 N–H and O–H groups in total. The van der Waals surface area contributed by atoms with Crippen molar-refractivity contribution in [3.05, 3.63) is 71.8 Å². The number of carbonyl (C=O) groups is 1. The summed E-state index contributed by atoms with van der Waals surface area (Å²) in [6.45, 7) is 2.00. The minimum atomic E-state index is -0.230. The van der Waals surface area contributed by atoms with Crippen molar-refractivity contribution in [2.24, 2.45) is 0 Å². The van der Waals surface area contributed by atoms with Gasteiger partial charge in [0.2, 0.25) is 0 Å². The van der Waals surface area contributed by atoms with Crippen LogP contribution >= 0.6 is 0 Å². The molecule has 0 saturated heterocycles. The van der Waals surface area contributed by atoms with E-state index in [1.165, 1.54) is 0 Å². The van der Waals surface area contributed by atoms with Gasteiger partial charge in [0, 0.05) is 12.7 Å². The molecule has 22 heavy (non-hydrogen) atoms. The lowest BCUT2D eigenvalue weighted by Gasteiger charge is -2.18. The second-order valence-corrected chi connectivity index (χ2v) is 5.42. The summed E-state index contributed by atoms with van der Waals surface area (Å²) in [6.07, 6.45) is 0. The van der Waals surface area contributed by atoms with Crippen molar-refractivity contribution >= 4 is 22.4 Å². The van der Waals surface area contributed by atoms with E-state index in [4.69, 9.17) is 0 Å². The molecule has 0 aromatic heterocycles. The number of rotatable bonds is 2. The van der Waals surface area contributed by atoms with Gasteiger partial charge in [-0.25, -0.2) is 0 Å². The Morgan fingerprint density at radius 1 is 0.955 bits per heavy atom. The van der Waals surface area contributed by atoms with Crippen molar-refractivity contribution in [3.63, 3.8) is 0 Å². The lowest BCUT2D eigenvalue weighted by Crippen LogP contribution is -2.26. The summed E-state index contributed by atoms with van der Waals surface area (Å²) in [6, 6.07) is 18.7. The number of benzene rings is 3. The van der Waals surface area contributed by atoms with Gasteiger partial charge >= 0.3 is 0 Å². The average Bonchev–Trinajstić information content (AvgIpc) is 2.53. The van der Waals surface area contributed by atoms with Crippen molar-refractivity contribution < 1.29 is 9.90 Å². The zero-order chi connectivity index (χ0) is 15.7. The Balaban J connectivity index is 2.00. The molecule has 0 atom stereocenters. The molecule has 0 aliphatic carbocycles. The summed E-state index contributed by atoms with van der Waals surface area (Å²) in [5.74, 6) is -0.227. The number of fused-ring (bicyclic) bond motifs is 1. The lowest BCUT2D eigenvalue weighted by atomic mass is 10.0. The molecule has 0 aliphatic rings. The van der Waals surface area contributed by atoms with Gasteiger partial charge in [-0.05, 0) is 42.0 Å². The molecule has 1 amide bonds. The van der Waals surface area contributed by atoms with Gasteiger partial charge in [-0.2, -0.15) is 0 Å². The number of aryl methyl sites for hydroxylation is 1. The van der Waals surface area contributed by atoms with E-state index in [1.54, 1.807) is 24.1 Å². The number of aromatic hydroxyl groups is 1. The first kappa shape index (κ1) is 14.1. The molecule has 0 spiro atoms. The van der Waals surface area contributed by atoms with E-state index >= 15 is 0 Å². The van der Waals surface area contributed by atoms with Gasteiger partial charge in [0.25, 0.3) is 5.91 Å². The molecular weight excluding hydrogens is 274 g/mol. The summed E-state index contributed by atoms with van der Waals surface area (Å²) >= 11 is 0. The van der Waals surface area contributed by atoms with Crippen LogP contribution in [0.4, 0.5) is 5.69 Å². The third kappa shape index (κ3) is 2.53. The number of phenolic OH excluding ortho intramolecular Hbond substituents is 1. The van der Waals surface area contributed by atoms with E-state index < -0.39 is 0 Å². The Bertz CT molecular complexity index is 838. The van der Waals surface area contributed by atoms with Gasteiger partial charge in [0.1, 0.15) is 5.75 Å². The van der Waals surface area contributed by atoms with Gasteiger partial charge in [-0.1, -0.05) is 42.0 Å². The topological polar surface area (TPSA) is 40.5 Å². The second kappa shape index (κ2) is 5.53. The highest BCUT2D eigenvalue weighted by atomic mass is 16.3. The molecule has 0 unspecified atom stereocenters. The fraction of sp³-hybridized carbons (Fsp3) is 0.105.